The molecule has 232 valence electrons. The van der Waals surface area contributed by atoms with Gasteiger partial charge in [0.2, 0.25) is 21.8 Å². The zero-order valence-electron chi connectivity index (χ0n) is 24.2. The van der Waals surface area contributed by atoms with E-state index in [0.717, 1.165) is 18.2 Å². The Balaban J connectivity index is 0.00000616. The highest BCUT2D eigenvalue weighted by atomic mass is 35.5. The Bertz CT molecular complexity index is 1370. The van der Waals surface area contributed by atoms with Crippen LogP contribution >= 0.6 is 12.4 Å². The van der Waals surface area contributed by atoms with Gasteiger partial charge in [0.05, 0.1) is 17.9 Å². The Morgan fingerprint density at radius 2 is 1.86 bits per heavy atom. The summed E-state index contributed by atoms with van der Waals surface area (Å²) in [5.74, 6) is -1.85. The number of nitrogens with zero attached hydrogens (tertiary/aromatic N) is 2. The summed E-state index contributed by atoms with van der Waals surface area (Å²) in [4.78, 5) is 41.8. The quantitative estimate of drug-likeness (QED) is 0.157. The number of esters is 1. The van der Waals surface area contributed by atoms with Crippen molar-refractivity contribution in [1.29, 1.82) is 5.41 Å². The second kappa shape index (κ2) is 15.7. The van der Waals surface area contributed by atoms with E-state index >= 15 is 0 Å². The normalized spacial score (nSPS) is 15.9. The first-order chi connectivity index (χ1) is 19.4. The molecule has 1 aliphatic heterocycles. The lowest BCUT2D eigenvalue weighted by Crippen LogP contribution is -2.54. The smallest absolute Gasteiger partial charge is 0.325 e. The van der Waals surface area contributed by atoms with Crippen molar-refractivity contribution in [3.05, 3.63) is 42.5 Å². The largest absolute Gasteiger partial charge is 0.465 e. The van der Waals surface area contributed by atoms with Crippen LogP contribution in [-0.2, 0) is 29.1 Å². The molecule has 0 aromatic heterocycles. The molecule has 5 N–H and O–H groups in total. The lowest BCUT2D eigenvalue weighted by atomic mass is 9.98. The summed E-state index contributed by atoms with van der Waals surface area (Å²) in [7, 11) is -4.23. The number of ether oxygens (including phenoxy) is 1. The van der Waals surface area contributed by atoms with E-state index in [1.807, 2.05) is 12.1 Å². The van der Waals surface area contributed by atoms with Gasteiger partial charge < -0.3 is 25.6 Å². The van der Waals surface area contributed by atoms with Crippen molar-refractivity contribution in [3.8, 4) is 0 Å². The molecule has 12 nitrogen and oxygen atoms in total. The summed E-state index contributed by atoms with van der Waals surface area (Å²) in [6.45, 7) is 6.26. The van der Waals surface area contributed by atoms with Crippen molar-refractivity contribution in [2.45, 2.75) is 57.0 Å². The molecule has 1 fully saturated rings. The molecule has 0 spiro atoms. The molecule has 0 radical (unpaired) electrons. The van der Waals surface area contributed by atoms with E-state index in [-0.39, 0.29) is 48.9 Å². The van der Waals surface area contributed by atoms with Crippen molar-refractivity contribution >= 4 is 56.9 Å². The van der Waals surface area contributed by atoms with E-state index in [1.165, 1.54) is 17.0 Å². The molecule has 0 saturated carbocycles. The van der Waals surface area contributed by atoms with Crippen molar-refractivity contribution in [2.75, 3.05) is 32.8 Å². The zero-order valence-corrected chi connectivity index (χ0v) is 25.8. The van der Waals surface area contributed by atoms with Crippen LogP contribution in [0.3, 0.4) is 0 Å². The molecule has 42 heavy (non-hydrogen) atoms. The predicted molar refractivity (Wildman–Crippen MR) is 163 cm³/mol. The van der Waals surface area contributed by atoms with Crippen LogP contribution in [0.15, 0.2) is 47.4 Å². The molecule has 0 aliphatic carbocycles. The van der Waals surface area contributed by atoms with Crippen molar-refractivity contribution < 1.29 is 27.5 Å². The van der Waals surface area contributed by atoms with E-state index in [2.05, 4.69) is 10.0 Å². The first-order valence-electron chi connectivity index (χ1n) is 13.7. The number of likely N-dealkylation sites (tertiary alicyclic amines) is 1. The molecular formula is C28H41ClN6O6S. The number of carbonyl (C=O) groups is 3. The topological polar surface area (TPSA) is 175 Å². The number of halogens is 1. The van der Waals surface area contributed by atoms with E-state index in [1.54, 1.807) is 43.9 Å². The molecule has 14 heteroatoms. The highest BCUT2D eigenvalue weighted by molar-refractivity contribution is 7.89. The summed E-state index contributed by atoms with van der Waals surface area (Å²) in [6, 6.07) is 9.94. The van der Waals surface area contributed by atoms with Gasteiger partial charge in [0.15, 0.2) is 5.96 Å². The number of piperidine rings is 1. The summed E-state index contributed by atoms with van der Waals surface area (Å²) in [5.41, 5.74) is 5.61. The third kappa shape index (κ3) is 9.57. The third-order valence-corrected chi connectivity index (χ3v) is 8.44. The number of sulfonamides is 1. The van der Waals surface area contributed by atoms with Gasteiger partial charge in [-0.3, -0.25) is 19.8 Å². The minimum atomic E-state index is -4.23. The number of guanidine groups is 1. The fraction of sp³-hybridized carbons (Fsp3) is 0.500. The molecule has 2 aromatic rings. The average Bonchev–Trinajstić information content (AvgIpc) is 2.94. The van der Waals surface area contributed by atoms with Gasteiger partial charge >= 0.3 is 5.97 Å². The SMILES string of the molecule is CCOC(=O)CN(C(=O)[C@H](CC(=O)NC[C@@H]1CCCN(C(=N)N)C1)NS(=O)(=O)c1ccc2ccccc2c1)C(C)C.Cl. The van der Waals surface area contributed by atoms with Gasteiger partial charge in [-0.15, -0.1) is 12.4 Å². The lowest BCUT2D eigenvalue weighted by Gasteiger charge is -2.33. The molecule has 2 aromatic carbocycles. The molecular weight excluding hydrogens is 584 g/mol. The van der Waals surface area contributed by atoms with Gasteiger partial charge in [0.25, 0.3) is 0 Å². The van der Waals surface area contributed by atoms with Gasteiger partial charge in [-0.25, -0.2) is 8.42 Å². The minimum absolute atomic E-state index is 0. The standard InChI is InChI=1S/C28H40N6O6S.ClH/c1-4-40-26(36)18-34(19(2)3)27(37)24(15-25(35)31-16-20-8-7-13-33(17-20)28(29)30)32-41(38,39)23-12-11-21-9-5-6-10-22(21)14-23;/h5-6,9-12,14,19-20,24,32H,4,7-8,13,15-18H2,1-3H3,(H3,29,30)(H,31,35);1H/t20-,24-;/m0./s1. The first kappa shape index (κ1) is 34.8. The second-order valence-electron chi connectivity index (χ2n) is 10.4. The Hall–Kier alpha value is -3.42. The number of hydrogen-bond donors (Lipinski definition) is 4. The zero-order chi connectivity index (χ0) is 30.2. The van der Waals surface area contributed by atoms with Crippen LogP contribution in [0.5, 0.6) is 0 Å². The molecule has 0 bridgehead atoms. The Morgan fingerprint density at radius 1 is 1.17 bits per heavy atom. The number of nitrogens with one attached hydrogen (secondary N) is 3. The van der Waals surface area contributed by atoms with Crippen molar-refractivity contribution in [3.63, 3.8) is 0 Å². The number of benzene rings is 2. The molecule has 1 saturated heterocycles. The third-order valence-electron chi connectivity index (χ3n) is 6.98. The van der Waals surface area contributed by atoms with Crippen LogP contribution in [0.1, 0.15) is 40.0 Å². The fourth-order valence-corrected chi connectivity index (χ4v) is 6.02. The van der Waals surface area contributed by atoms with E-state index in [9.17, 15) is 22.8 Å². The van der Waals surface area contributed by atoms with Gasteiger partial charge in [0, 0.05) is 25.7 Å². The first-order valence-corrected chi connectivity index (χ1v) is 15.2. The highest BCUT2D eigenvalue weighted by Crippen LogP contribution is 2.20. The van der Waals surface area contributed by atoms with E-state index in [0.29, 0.717) is 18.5 Å². The molecule has 2 amide bonds. The van der Waals surface area contributed by atoms with Crippen LogP contribution < -0.4 is 15.8 Å². The molecule has 2 atom stereocenters. The summed E-state index contributed by atoms with van der Waals surface area (Å²) >= 11 is 0. The predicted octanol–water partition coefficient (Wildman–Crippen LogP) is 1.82. The molecule has 1 heterocycles. The van der Waals surface area contributed by atoms with E-state index in [4.69, 9.17) is 15.9 Å². The molecule has 1 aliphatic rings. The Labute approximate surface area is 253 Å². The highest BCUT2D eigenvalue weighted by Gasteiger charge is 2.34. The average molecular weight is 625 g/mol. The number of amides is 2. The summed E-state index contributed by atoms with van der Waals surface area (Å²) in [5, 5.41) is 12.0. The van der Waals surface area contributed by atoms with Gasteiger partial charge in [-0.1, -0.05) is 30.3 Å². The number of rotatable bonds is 12. The lowest BCUT2D eigenvalue weighted by molar-refractivity contribution is -0.150. The number of fused-ring (bicyclic) bond motifs is 1. The number of nitrogens with two attached hydrogens (primary N) is 1. The van der Waals surface area contributed by atoms with Crippen molar-refractivity contribution in [2.24, 2.45) is 11.7 Å². The summed E-state index contributed by atoms with van der Waals surface area (Å²) < 4.78 is 34.3. The maximum Gasteiger partial charge on any atom is 0.325 e. The number of carbonyl (C=O) groups excluding carboxylic acids is 3. The second-order valence-corrected chi connectivity index (χ2v) is 12.1. The molecule has 0 unspecified atom stereocenters. The monoisotopic (exact) mass is 624 g/mol. The van der Waals surface area contributed by atoms with Gasteiger partial charge in [-0.05, 0) is 62.4 Å². The van der Waals surface area contributed by atoms with E-state index < -0.39 is 46.3 Å². The van der Waals surface area contributed by atoms with Crippen LogP contribution in [0.2, 0.25) is 0 Å². The maximum absolute atomic E-state index is 13.7. The van der Waals surface area contributed by atoms with Crippen LogP contribution in [0.25, 0.3) is 10.8 Å². The van der Waals surface area contributed by atoms with Crippen LogP contribution in [0.4, 0.5) is 0 Å². The molecule has 3 rings (SSSR count). The Morgan fingerprint density at radius 3 is 2.50 bits per heavy atom. The van der Waals surface area contributed by atoms with Crippen molar-refractivity contribution in [1.82, 2.24) is 19.8 Å². The fourth-order valence-electron chi connectivity index (χ4n) is 4.80. The van der Waals surface area contributed by atoms with Gasteiger partial charge in [-0.2, -0.15) is 4.72 Å². The maximum atomic E-state index is 13.7. The number of hydrogen-bond acceptors (Lipinski definition) is 7. The van der Waals surface area contributed by atoms with Crippen LogP contribution in [0, 0.1) is 11.3 Å². The van der Waals surface area contributed by atoms with Gasteiger partial charge in [0.1, 0.15) is 12.6 Å². The minimum Gasteiger partial charge on any atom is -0.465 e. The van der Waals surface area contributed by atoms with Crippen LogP contribution in [-0.4, -0.2) is 86.8 Å². The Kier molecular flexibility index (Phi) is 13.0. The summed E-state index contributed by atoms with van der Waals surface area (Å²) in [6.07, 6.45) is 1.19.